The number of halogens is 1. The molecule has 0 aliphatic heterocycles. The lowest BCUT2D eigenvalue weighted by molar-refractivity contribution is -0.873. The van der Waals surface area contributed by atoms with E-state index in [9.17, 15) is 19.2 Å². The highest BCUT2D eigenvalue weighted by Crippen LogP contribution is 2.39. The number of Topliss-reactive ketones (excluding diaryl/α,β-unsaturated/α-hetero) is 1. The average molecular weight is 600 g/mol. The molecule has 2 aromatic rings. The molecule has 1 amide bonds. The molecule has 1 unspecified atom stereocenters. The van der Waals surface area contributed by atoms with Crippen LogP contribution in [0.2, 0.25) is 0 Å². The number of hydrogen-bond donors (Lipinski definition) is 1. The molecule has 1 heterocycles. The van der Waals surface area contributed by atoms with Gasteiger partial charge < -0.3 is 19.7 Å². The number of aryl methyl sites for hydroxylation is 1. The molecule has 1 fully saturated rings. The second-order valence-electron chi connectivity index (χ2n) is 13.9. The molecule has 43 heavy (non-hydrogen) atoms. The predicted octanol–water partition coefficient (Wildman–Crippen LogP) is 3.72. The van der Waals surface area contributed by atoms with Crippen LogP contribution in [-0.2, 0) is 38.3 Å². The zero-order chi connectivity index (χ0) is 31.9. The van der Waals surface area contributed by atoms with Crippen molar-refractivity contribution < 1.29 is 37.5 Å². The van der Waals surface area contributed by atoms with Gasteiger partial charge in [0.25, 0.3) is 5.91 Å². The third-order valence-corrected chi connectivity index (χ3v) is 8.08. The summed E-state index contributed by atoms with van der Waals surface area (Å²) < 4.78 is 28.6. The van der Waals surface area contributed by atoms with Crippen molar-refractivity contribution in [3.8, 4) is 5.69 Å². The van der Waals surface area contributed by atoms with Gasteiger partial charge in [0.2, 0.25) is 0 Å². The van der Waals surface area contributed by atoms with Crippen molar-refractivity contribution in [1.29, 1.82) is 0 Å². The zero-order valence-electron chi connectivity index (χ0n) is 26.3. The third kappa shape index (κ3) is 7.68. The van der Waals surface area contributed by atoms with Crippen LogP contribution >= 0.6 is 0 Å². The topological polar surface area (TPSA) is 131 Å². The molecule has 2 N–H and O–H groups in total. The Kier molecular flexibility index (Phi) is 9.16. The maximum atomic E-state index is 15.4. The number of quaternary nitrogens is 1. The van der Waals surface area contributed by atoms with E-state index in [0.717, 1.165) is 5.69 Å². The zero-order valence-corrected chi connectivity index (χ0v) is 26.3. The number of benzene rings is 1. The summed E-state index contributed by atoms with van der Waals surface area (Å²) in [4.78, 5) is 49.4. The number of esters is 2. The smallest absolute Gasteiger partial charge is 0.310 e. The summed E-state index contributed by atoms with van der Waals surface area (Å²) >= 11 is 0. The molecule has 10 nitrogen and oxygen atoms in total. The fraction of sp³-hybridized carbons (Fsp3) is 0.594. The normalized spacial score (nSPS) is 20.1. The van der Waals surface area contributed by atoms with Gasteiger partial charge in [-0.25, -0.2) is 9.07 Å². The minimum absolute atomic E-state index is 0.0375. The summed E-state index contributed by atoms with van der Waals surface area (Å²) in [6.45, 7) is 7.76. The maximum absolute atomic E-state index is 15.4. The molecule has 0 radical (unpaired) electrons. The number of ketones is 1. The standard InChI is InChI=1S/C32H43FN4O6/c1-8-25-30-26(15-32(3,4)16-27(30)39)36(35-25)21-12-20(29(31(34)41)24(33)13-21)9-19-10-22(11-19)43-28(40)14-23(42-18(2)38)17-37(5,6)7/h12-13,19,22-23H,8-11,14-17H2,1-7H3,(H-,34,41)/p+1. The first-order valence-corrected chi connectivity index (χ1v) is 14.9. The van der Waals surface area contributed by atoms with Crippen LogP contribution in [0.15, 0.2) is 12.1 Å². The quantitative estimate of drug-likeness (QED) is 0.308. The Morgan fingerprint density at radius 1 is 1.19 bits per heavy atom. The van der Waals surface area contributed by atoms with Crippen molar-refractivity contribution in [2.24, 2.45) is 17.1 Å². The van der Waals surface area contributed by atoms with Gasteiger partial charge in [0.05, 0.1) is 55.8 Å². The second kappa shape index (κ2) is 12.2. The second-order valence-corrected chi connectivity index (χ2v) is 13.9. The van der Waals surface area contributed by atoms with E-state index in [4.69, 9.17) is 20.3 Å². The van der Waals surface area contributed by atoms with Crippen molar-refractivity contribution in [3.63, 3.8) is 0 Å². The third-order valence-electron chi connectivity index (χ3n) is 8.08. The largest absolute Gasteiger partial charge is 0.462 e. The number of likely N-dealkylation sites (N-methyl/N-ethyl adjacent to an activating group) is 1. The van der Waals surface area contributed by atoms with Gasteiger partial charge in [-0.2, -0.15) is 5.10 Å². The summed E-state index contributed by atoms with van der Waals surface area (Å²) in [5.41, 5.74) is 8.11. The molecule has 2 aliphatic rings. The van der Waals surface area contributed by atoms with Gasteiger partial charge in [-0.3, -0.25) is 19.2 Å². The summed E-state index contributed by atoms with van der Waals surface area (Å²) in [5, 5.41) is 4.70. The number of carbonyl (C=O) groups is 4. The summed E-state index contributed by atoms with van der Waals surface area (Å²) in [6, 6.07) is 2.99. The lowest BCUT2D eigenvalue weighted by Crippen LogP contribution is -2.44. The SMILES string of the molecule is CCc1nn(-c2cc(F)c(C(N)=O)c(CC3CC(OC(=O)CC(C[N+](C)(C)C)OC(C)=O)C3)c2)c2c1C(=O)CC(C)(C)C2. The number of nitrogens with zero attached hydrogens (tertiary/aromatic N) is 3. The Morgan fingerprint density at radius 3 is 2.44 bits per heavy atom. The molecule has 0 saturated heterocycles. The molecule has 1 aromatic heterocycles. The molecular formula is C32H44FN4O6+. The van der Waals surface area contributed by atoms with Crippen LogP contribution in [0.25, 0.3) is 5.69 Å². The molecule has 2 aliphatic carbocycles. The van der Waals surface area contributed by atoms with E-state index in [2.05, 4.69) is 0 Å². The molecule has 234 valence electrons. The molecule has 11 heteroatoms. The molecule has 1 saturated carbocycles. The predicted molar refractivity (Wildman–Crippen MR) is 157 cm³/mol. The van der Waals surface area contributed by atoms with E-state index < -0.39 is 29.8 Å². The van der Waals surface area contributed by atoms with Crippen molar-refractivity contribution in [1.82, 2.24) is 9.78 Å². The van der Waals surface area contributed by atoms with Gasteiger partial charge in [-0.1, -0.05) is 20.8 Å². The molecule has 1 aromatic carbocycles. The van der Waals surface area contributed by atoms with Crippen LogP contribution < -0.4 is 5.73 Å². The monoisotopic (exact) mass is 599 g/mol. The Hall–Kier alpha value is -3.60. The van der Waals surface area contributed by atoms with E-state index in [1.54, 1.807) is 10.7 Å². The van der Waals surface area contributed by atoms with E-state index in [-0.39, 0.29) is 35.2 Å². The van der Waals surface area contributed by atoms with Crippen LogP contribution in [0.4, 0.5) is 4.39 Å². The Labute approximate surface area is 252 Å². The lowest BCUT2D eigenvalue weighted by atomic mass is 9.75. The van der Waals surface area contributed by atoms with Crippen molar-refractivity contribution in [2.45, 2.75) is 84.8 Å². The molecule has 0 spiro atoms. The number of fused-ring (bicyclic) bond motifs is 1. The van der Waals surface area contributed by atoms with E-state index in [1.165, 1.54) is 13.0 Å². The fourth-order valence-electron chi connectivity index (χ4n) is 6.35. The summed E-state index contributed by atoms with van der Waals surface area (Å²) in [7, 11) is 5.84. The Morgan fingerprint density at radius 2 is 1.86 bits per heavy atom. The Bertz CT molecular complexity index is 1430. The minimum atomic E-state index is -0.858. The van der Waals surface area contributed by atoms with Crippen LogP contribution in [0.5, 0.6) is 0 Å². The number of rotatable bonds is 11. The van der Waals surface area contributed by atoms with Gasteiger partial charge in [0, 0.05) is 19.4 Å². The summed E-state index contributed by atoms with van der Waals surface area (Å²) in [5.74, 6) is -2.41. The maximum Gasteiger partial charge on any atom is 0.310 e. The highest BCUT2D eigenvalue weighted by atomic mass is 19.1. The number of carbonyl (C=O) groups excluding carboxylic acids is 4. The van der Waals surface area contributed by atoms with Gasteiger partial charge in [-0.05, 0) is 55.1 Å². The number of amides is 1. The van der Waals surface area contributed by atoms with E-state index in [0.29, 0.717) is 72.1 Å². The van der Waals surface area contributed by atoms with Crippen LogP contribution in [0.3, 0.4) is 0 Å². The highest BCUT2D eigenvalue weighted by molar-refractivity contribution is 6.00. The number of nitrogens with two attached hydrogens (primary N) is 1. The van der Waals surface area contributed by atoms with Gasteiger partial charge in [0.1, 0.15) is 18.5 Å². The van der Waals surface area contributed by atoms with Gasteiger partial charge in [0.15, 0.2) is 11.9 Å². The van der Waals surface area contributed by atoms with Gasteiger partial charge >= 0.3 is 11.9 Å². The van der Waals surface area contributed by atoms with Crippen LogP contribution in [0, 0.1) is 17.2 Å². The number of ether oxygens (including phenoxy) is 2. The average Bonchev–Trinajstić information content (AvgIpc) is 3.18. The molecule has 4 rings (SSSR count). The van der Waals surface area contributed by atoms with E-state index in [1.807, 2.05) is 41.9 Å². The van der Waals surface area contributed by atoms with E-state index >= 15 is 4.39 Å². The van der Waals surface area contributed by atoms with Gasteiger partial charge in [-0.15, -0.1) is 0 Å². The van der Waals surface area contributed by atoms with Crippen molar-refractivity contribution in [2.75, 3.05) is 27.7 Å². The summed E-state index contributed by atoms with van der Waals surface area (Å²) in [6.07, 6.45) is 2.10. The lowest BCUT2D eigenvalue weighted by Gasteiger charge is -2.35. The number of hydrogen-bond acceptors (Lipinski definition) is 7. The Balaban J connectivity index is 1.50. The van der Waals surface area contributed by atoms with Crippen molar-refractivity contribution >= 4 is 23.6 Å². The first kappa shape index (κ1) is 32.3. The number of primary amides is 1. The highest BCUT2D eigenvalue weighted by Gasteiger charge is 2.38. The molecular weight excluding hydrogens is 555 g/mol. The molecule has 0 bridgehead atoms. The first-order chi connectivity index (χ1) is 20.0. The van der Waals surface area contributed by atoms with Crippen molar-refractivity contribution in [3.05, 3.63) is 46.0 Å². The molecule has 1 atom stereocenters. The van der Waals surface area contributed by atoms with Crippen LogP contribution in [-0.4, -0.2) is 77.8 Å². The first-order valence-electron chi connectivity index (χ1n) is 14.9. The van der Waals surface area contributed by atoms with Crippen LogP contribution in [0.1, 0.15) is 91.0 Å². The fourth-order valence-corrected chi connectivity index (χ4v) is 6.35. The number of aromatic nitrogens is 2. The minimum Gasteiger partial charge on any atom is -0.462 e.